The molecule has 2 aromatic carbocycles. The molecule has 0 aliphatic carbocycles. The molecule has 5 nitrogen and oxygen atoms in total. The van der Waals surface area contributed by atoms with Crippen LogP contribution in [0.3, 0.4) is 0 Å². The van der Waals surface area contributed by atoms with Crippen molar-refractivity contribution in [2.75, 3.05) is 5.32 Å². The molecule has 0 atom stereocenters. The molecule has 6 heteroatoms. The van der Waals surface area contributed by atoms with Gasteiger partial charge in [0.25, 0.3) is 5.56 Å². The molecule has 21 heavy (non-hydrogen) atoms. The monoisotopic (exact) mass is 301 g/mol. The zero-order valence-corrected chi connectivity index (χ0v) is 11.7. The van der Waals surface area contributed by atoms with Gasteiger partial charge in [-0.2, -0.15) is 0 Å². The zero-order valence-electron chi connectivity index (χ0n) is 10.9. The molecule has 0 saturated carbocycles. The van der Waals surface area contributed by atoms with Crippen molar-refractivity contribution in [1.29, 1.82) is 0 Å². The van der Waals surface area contributed by atoms with Gasteiger partial charge in [0.05, 0.1) is 0 Å². The van der Waals surface area contributed by atoms with Crippen molar-refractivity contribution in [3.8, 4) is 0 Å². The number of aromatic amines is 2. The maximum absolute atomic E-state index is 11.2. The summed E-state index contributed by atoms with van der Waals surface area (Å²) in [7, 11) is 0. The van der Waals surface area contributed by atoms with E-state index >= 15 is 0 Å². The van der Waals surface area contributed by atoms with Crippen molar-refractivity contribution in [1.82, 2.24) is 9.97 Å². The van der Waals surface area contributed by atoms with Crippen molar-refractivity contribution in [3.63, 3.8) is 0 Å². The van der Waals surface area contributed by atoms with Gasteiger partial charge in [-0.3, -0.25) is 14.8 Å². The SMILES string of the molecule is O=c1cc(NCc2cccc3ccc(Cl)cc23)[nH]c(=O)[nH]1. The van der Waals surface area contributed by atoms with E-state index in [-0.39, 0.29) is 0 Å². The molecule has 3 N–H and O–H groups in total. The Kier molecular flexibility index (Phi) is 3.50. The van der Waals surface area contributed by atoms with Crippen molar-refractivity contribution in [3.05, 3.63) is 73.9 Å². The van der Waals surface area contributed by atoms with E-state index in [9.17, 15) is 9.59 Å². The third-order valence-electron chi connectivity index (χ3n) is 3.16. The first-order valence-electron chi connectivity index (χ1n) is 6.36. The Morgan fingerprint density at radius 2 is 1.90 bits per heavy atom. The fraction of sp³-hybridized carbons (Fsp3) is 0.0667. The highest BCUT2D eigenvalue weighted by atomic mass is 35.5. The predicted molar refractivity (Wildman–Crippen MR) is 84.0 cm³/mol. The Morgan fingerprint density at radius 1 is 1.05 bits per heavy atom. The van der Waals surface area contributed by atoms with Gasteiger partial charge in [-0.15, -0.1) is 0 Å². The van der Waals surface area contributed by atoms with Crippen LogP contribution in [0.15, 0.2) is 52.1 Å². The van der Waals surface area contributed by atoms with Gasteiger partial charge in [-0.05, 0) is 28.5 Å². The van der Waals surface area contributed by atoms with Crippen molar-refractivity contribution in [2.24, 2.45) is 0 Å². The van der Waals surface area contributed by atoms with E-state index in [4.69, 9.17) is 11.6 Å². The zero-order chi connectivity index (χ0) is 14.8. The number of hydrogen-bond acceptors (Lipinski definition) is 3. The molecule has 0 fully saturated rings. The molecule has 3 aromatic rings. The lowest BCUT2D eigenvalue weighted by molar-refractivity contribution is 1.01. The average Bonchev–Trinajstić information content (AvgIpc) is 2.44. The molecule has 3 rings (SSSR count). The van der Waals surface area contributed by atoms with Crippen LogP contribution in [0.25, 0.3) is 10.8 Å². The number of halogens is 1. The summed E-state index contributed by atoms with van der Waals surface area (Å²) in [4.78, 5) is 27.1. The molecule has 1 heterocycles. The summed E-state index contributed by atoms with van der Waals surface area (Å²) in [6.07, 6.45) is 0. The van der Waals surface area contributed by atoms with E-state index in [1.54, 1.807) is 0 Å². The standard InChI is InChI=1S/C15H12ClN3O2/c16-11-5-4-9-2-1-3-10(12(9)6-11)8-17-13-7-14(20)19-15(21)18-13/h1-7H,8H2,(H3,17,18,19,20,21). The molecule has 0 bridgehead atoms. The van der Waals surface area contributed by atoms with Crippen LogP contribution in [-0.4, -0.2) is 9.97 Å². The summed E-state index contributed by atoms with van der Waals surface area (Å²) < 4.78 is 0. The van der Waals surface area contributed by atoms with Crippen LogP contribution in [0, 0.1) is 0 Å². The second-order valence-electron chi connectivity index (χ2n) is 4.64. The smallest absolute Gasteiger partial charge is 0.327 e. The molecule has 0 unspecified atom stereocenters. The molecule has 0 amide bonds. The fourth-order valence-corrected chi connectivity index (χ4v) is 2.39. The molecule has 0 aliphatic heterocycles. The highest BCUT2D eigenvalue weighted by Gasteiger charge is 2.03. The van der Waals surface area contributed by atoms with Crippen molar-refractivity contribution < 1.29 is 0 Å². The Morgan fingerprint density at radius 3 is 2.71 bits per heavy atom. The lowest BCUT2D eigenvalue weighted by Crippen LogP contribution is -2.22. The first kappa shape index (κ1) is 13.5. The first-order chi connectivity index (χ1) is 10.1. The number of anilines is 1. The summed E-state index contributed by atoms with van der Waals surface area (Å²) in [5.41, 5.74) is 0.0457. The van der Waals surface area contributed by atoms with E-state index in [1.807, 2.05) is 36.4 Å². The summed E-state index contributed by atoms with van der Waals surface area (Å²) in [6, 6.07) is 12.9. The topological polar surface area (TPSA) is 77.8 Å². The third-order valence-corrected chi connectivity index (χ3v) is 3.40. The summed E-state index contributed by atoms with van der Waals surface area (Å²) >= 11 is 6.04. The highest BCUT2D eigenvalue weighted by molar-refractivity contribution is 6.31. The Balaban J connectivity index is 1.93. The van der Waals surface area contributed by atoms with Gasteiger partial charge in [0, 0.05) is 17.6 Å². The molecule has 0 saturated heterocycles. The van der Waals surface area contributed by atoms with Gasteiger partial charge in [0.15, 0.2) is 0 Å². The fourth-order valence-electron chi connectivity index (χ4n) is 2.22. The maximum Gasteiger partial charge on any atom is 0.327 e. The number of hydrogen-bond donors (Lipinski definition) is 3. The molecular weight excluding hydrogens is 290 g/mol. The van der Waals surface area contributed by atoms with Crippen LogP contribution in [0.2, 0.25) is 5.02 Å². The molecule has 0 spiro atoms. The van der Waals surface area contributed by atoms with E-state index in [0.717, 1.165) is 16.3 Å². The maximum atomic E-state index is 11.2. The van der Waals surface area contributed by atoms with E-state index < -0.39 is 11.2 Å². The Labute approximate surface area is 124 Å². The summed E-state index contributed by atoms with van der Waals surface area (Å²) in [5.74, 6) is 0.378. The molecule has 1 aromatic heterocycles. The van der Waals surface area contributed by atoms with Crippen molar-refractivity contribution in [2.45, 2.75) is 6.54 Å². The number of aromatic nitrogens is 2. The third kappa shape index (κ3) is 2.98. The van der Waals surface area contributed by atoms with E-state index in [1.165, 1.54) is 6.07 Å². The van der Waals surface area contributed by atoms with Crippen LogP contribution in [0.5, 0.6) is 0 Å². The second-order valence-corrected chi connectivity index (χ2v) is 5.07. The van der Waals surface area contributed by atoms with Gasteiger partial charge in [0.1, 0.15) is 5.82 Å². The van der Waals surface area contributed by atoms with Crippen LogP contribution >= 0.6 is 11.6 Å². The molecular formula is C15H12ClN3O2. The van der Waals surface area contributed by atoms with Gasteiger partial charge in [0.2, 0.25) is 0 Å². The minimum atomic E-state index is -0.536. The number of H-pyrrole nitrogens is 2. The number of nitrogens with one attached hydrogen (secondary N) is 3. The second kappa shape index (κ2) is 5.46. The Bertz CT molecular complexity index is 886. The number of benzene rings is 2. The van der Waals surface area contributed by atoms with Crippen molar-refractivity contribution >= 4 is 28.2 Å². The minimum Gasteiger partial charge on any atom is -0.367 e. The van der Waals surface area contributed by atoms with Crippen LogP contribution in [-0.2, 0) is 6.54 Å². The quantitative estimate of drug-likeness (QED) is 0.695. The van der Waals surface area contributed by atoms with Crippen LogP contribution < -0.4 is 16.6 Å². The predicted octanol–water partition coefficient (Wildman–Crippen LogP) is 2.48. The molecule has 0 radical (unpaired) electrons. The van der Waals surface area contributed by atoms with Crippen LogP contribution in [0.4, 0.5) is 5.82 Å². The van der Waals surface area contributed by atoms with Crippen LogP contribution in [0.1, 0.15) is 5.56 Å². The molecule has 106 valence electrons. The van der Waals surface area contributed by atoms with E-state index in [2.05, 4.69) is 15.3 Å². The lowest BCUT2D eigenvalue weighted by atomic mass is 10.0. The average molecular weight is 302 g/mol. The summed E-state index contributed by atoms with van der Waals surface area (Å²) in [5, 5.41) is 5.82. The highest BCUT2D eigenvalue weighted by Crippen LogP contribution is 2.23. The summed E-state index contributed by atoms with van der Waals surface area (Å²) in [6.45, 7) is 0.469. The Hall–Kier alpha value is -2.53. The lowest BCUT2D eigenvalue weighted by Gasteiger charge is -2.09. The van der Waals surface area contributed by atoms with E-state index in [0.29, 0.717) is 17.4 Å². The number of fused-ring (bicyclic) bond motifs is 1. The van der Waals surface area contributed by atoms with Gasteiger partial charge in [-0.1, -0.05) is 35.9 Å². The normalized spacial score (nSPS) is 10.7. The van der Waals surface area contributed by atoms with Gasteiger partial charge < -0.3 is 5.32 Å². The van der Waals surface area contributed by atoms with Gasteiger partial charge in [-0.25, -0.2) is 4.79 Å². The largest absolute Gasteiger partial charge is 0.367 e. The molecule has 0 aliphatic rings. The number of rotatable bonds is 3. The minimum absolute atomic E-state index is 0.378. The van der Waals surface area contributed by atoms with Gasteiger partial charge >= 0.3 is 5.69 Å². The first-order valence-corrected chi connectivity index (χ1v) is 6.74.